The van der Waals surface area contributed by atoms with Crippen LogP contribution in [0, 0.1) is 13.8 Å². The number of thiazole rings is 1. The minimum absolute atomic E-state index is 0.0860. The topological polar surface area (TPSA) is 107 Å². The van der Waals surface area contributed by atoms with Crippen LogP contribution in [0.4, 0.5) is 5.13 Å². The Morgan fingerprint density at radius 1 is 1.00 bits per heavy atom. The van der Waals surface area contributed by atoms with Gasteiger partial charge in [0, 0.05) is 5.56 Å². The Hall–Kier alpha value is -4.57. The van der Waals surface area contributed by atoms with E-state index in [1.165, 1.54) is 37.6 Å². The smallest absolute Gasteiger partial charge is 0.301 e. The predicted octanol–water partition coefficient (Wildman–Crippen LogP) is 6.74. The molecule has 0 spiro atoms. The molecule has 1 atom stereocenters. The average molecular weight is 603 g/mol. The fraction of sp³-hybridized carbons (Fsp3) is 0.303. The predicted molar refractivity (Wildman–Crippen MR) is 167 cm³/mol. The lowest BCUT2D eigenvalue weighted by molar-refractivity contribution is -0.132. The van der Waals surface area contributed by atoms with Crippen molar-refractivity contribution < 1.29 is 33.6 Å². The third-order valence-electron chi connectivity index (χ3n) is 7.35. The van der Waals surface area contributed by atoms with E-state index in [1.807, 2.05) is 26.0 Å². The van der Waals surface area contributed by atoms with Crippen molar-refractivity contribution in [3.63, 3.8) is 0 Å². The lowest BCUT2D eigenvalue weighted by Crippen LogP contribution is -2.29. The molecule has 5 rings (SSSR count). The highest BCUT2D eigenvalue weighted by atomic mass is 32.1. The number of methoxy groups -OCH3 is 3. The van der Waals surface area contributed by atoms with Crippen molar-refractivity contribution in [1.82, 2.24) is 4.98 Å². The summed E-state index contributed by atoms with van der Waals surface area (Å²) in [6, 6.07) is 13.2. The van der Waals surface area contributed by atoms with E-state index < -0.39 is 17.7 Å². The van der Waals surface area contributed by atoms with Crippen LogP contribution in [0.15, 0.2) is 54.1 Å². The number of nitrogens with zero attached hydrogens (tertiary/aromatic N) is 2. The molecule has 1 aliphatic heterocycles. The number of aliphatic hydroxyl groups excluding tert-OH is 1. The highest BCUT2D eigenvalue weighted by Gasteiger charge is 2.48. The quantitative estimate of drug-likeness (QED) is 0.0920. The fourth-order valence-corrected chi connectivity index (χ4v) is 6.46. The number of aryl methyl sites for hydroxylation is 2. The summed E-state index contributed by atoms with van der Waals surface area (Å²) in [4.78, 5) is 33.8. The van der Waals surface area contributed by atoms with Crippen molar-refractivity contribution in [3.8, 4) is 23.0 Å². The van der Waals surface area contributed by atoms with Crippen LogP contribution in [0.3, 0.4) is 0 Å². The largest absolute Gasteiger partial charge is 0.507 e. The summed E-state index contributed by atoms with van der Waals surface area (Å²) in [6.45, 7) is 6.54. The Morgan fingerprint density at radius 3 is 2.37 bits per heavy atom. The van der Waals surface area contributed by atoms with Crippen LogP contribution in [-0.4, -0.2) is 49.7 Å². The Kier molecular flexibility index (Phi) is 8.59. The molecule has 1 aliphatic rings. The number of Topliss-reactive ketones (excluding diaryl/α,β-unsaturated/α-hetero) is 1. The first-order valence-corrected chi connectivity index (χ1v) is 14.8. The molecule has 0 bridgehead atoms. The van der Waals surface area contributed by atoms with E-state index in [4.69, 9.17) is 23.9 Å². The standard InChI is InChI=1S/C33H34N2O7S/c1-7-8-12-42-22-11-9-10-20(15-22)29(36)26-28(21-16-23(39-4)31(41-6)24(17-21)40-5)35(32(38)30(26)37)33-34-27-19(3)13-18(2)14-25(27)43-33/h9-11,13-17,28,36H,7-8,12H2,1-6H3/b29-26+. The van der Waals surface area contributed by atoms with Crippen LogP contribution in [0.2, 0.25) is 0 Å². The van der Waals surface area contributed by atoms with E-state index in [-0.39, 0.29) is 11.3 Å². The molecule has 1 fully saturated rings. The number of aliphatic hydroxyl groups is 1. The molecule has 2 heterocycles. The highest BCUT2D eigenvalue weighted by Crippen LogP contribution is 2.48. The molecule has 0 saturated carbocycles. The van der Waals surface area contributed by atoms with Crippen molar-refractivity contribution in [3.05, 3.63) is 76.4 Å². The van der Waals surface area contributed by atoms with Gasteiger partial charge in [-0.15, -0.1) is 0 Å². The lowest BCUT2D eigenvalue weighted by atomic mass is 9.94. The van der Waals surface area contributed by atoms with E-state index in [0.29, 0.717) is 45.9 Å². The molecule has 9 nitrogen and oxygen atoms in total. The molecule has 43 heavy (non-hydrogen) atoms. The van der Waals surface area contributed by atoms with Gasteiger partial charge in [0.25, 0.3) is 5.78 Å². The van der Waals surface area contributed by atoms with Gasteiger partial charge in [-0.25, -0.2) is 4.98 Å². The van der Waals surface area contributed by atoms with Crippen LogP contribution in [0.5, 0.6) is 23.0 Å². The number of carbonyl (C=O) groups is 2. The normalized spacial score (nSPS) is 16.1. The lowest BCUT2D eigenvalue weighted by Gasteiger charge is -2.24. The second kappa shape index (κ2) is 12.3. The SMILES string of the molecule is CCCCOc1cccc(/C(O)=C2\C(=O)C(=O)N(c3nc4c(C)cc(C)cc4s3)C2c2cc(OC)c(OC)c(OC)c2)c1. The van der Waals surface area contributed by atoms with Crippen molar-refractivity contribution in [2.75, 3.05) is 32.8 Å². The van der Waals surface area contributed by atoms with E-state index >= 15 is 0 Å². The van der Waals surface area contributed by atoms with Crippen molar-refractivity contribution in [2.24, 2.45) is 0 Å². The molecule has 4 aromatic rings. The van der Waals surface area contributed by atoms with Gasteiger partial charge in [-0.2, -0.15) is 0 Å². The van der Waals surface area contributed by atoms with Gasteiger partial charge in [0.05, 0.1) is 49.8 Å². The van der Waals surface area contributed by atoms with Crippen LogP contribution < -0.4 is 23.8 Å². The number of ether oxygens (including phenoxy) is 4. The summed E-state index contributed by atoms with van der Waals surface area (Å²) in [5, 5.41) is 12.0. The van der Waals surface area contributed by atoms with Gasteiger partial charge in [0.2, 0.25) is 5.75 Å². The van der Waals surface area contributed by atoms with Crippen molar-refractivity contribution in [2.45, 2.75) is 39.7 Å². The van der Waals surface area contributed by atoms with Gasteiger partial charge in [-0.1, -0.05) is 42.9 Å². The van der Waals surface area contributed by atoms with Gasteiger partial charge in [-0.05, 0) is 67.3 Å². The summed E-state index contributed by atoms with van der Waals surface area (Å²) in [5.74, 6) is -0.380. The number of ketones is 1. The summed E-state index contributed by atoms with van der Waals surface area (Å²) >= 11 is 1.31. The molecule has 10 heteroatoms. The minimum Gasteiger partial charge on any atom is -0.507 e. The molecule has 3 aromatic carbocycles. The van der Waals surface area contributed by atoms with E-state index in [1.54, 1.807) is 36.4 Å². The van der Waals surface area contributed by atoms with Crippen LogP contribution in [0.25, 0.3) is 16.0 Å². The number of amides is 1. The fourth-order valence-electron chi connectivity index (χ4n) is 5.29. The van der Waals surface area contributed by atoms with Crippen LogP contribution in [-0.2, 0) is 9.59 Å². The Morgan fingerprint density at radius 2 is 1.72 bits per heavy atom. The monoisotopic (exact) mass is 602 g/mol. The second-order valence-corrected chi connectivity index (χ2v) is 11.3. The highest BCUT2D eigenvalue weighted by molar-refractivity contribution is 7.22. The van der Waals surface area contributed by atoms with Gasteiger partial charge >= 0.3 is 5.91 Å². The third kappa shape index (κ3) is 5.50. The number of fused-ring (bicyclic) bond motifs is 1. The Labute approximate surface area is 254 Å². The molecule has 1 N–H and O–H groups in total. The van der Waals surface area contributed by atoms with Crippen molar-refractivity contribution in [1.29, 1.82) is 0 Å². The Bertz CT molecular complexity index is 1720. The first-order valence-electron chi connectivity index (χ1n) is 13.9. The zero-order chi connectivity index (χ0) is 30.8. The average Bonchev–Trinajstić information content (AvgIpc) is 3.54. The number of aromatic nitrogens is 1. The van der Waals surface area contributed by atoms with Gasteiger partial charge in [0.1, 0.15) is 11.5 Å². The molecular formula is C33H34N2O7S. The van der Waals surface area contributed by atoms with Crippen molar-refractivity contribution >= 4 is 44.1 Å². The van der Waals surface area contributed by atoms with Gasteiger partial charge < -0.3 is 24.1 Å². The zero-order valence-electron chi connectivity index (χ0n) is 25.0. The third-order valence-corrected chi connectivity index (χ3v) is 8.35. The maximum absolute atomic E-state index is 13.8. The minimum atomic E-state index is -1.04. The van der Waals surface area contributed by atoms with E-state index in [0.717, 1.165) is 34.2 Å². The number of hydrogen-bond donors (Lipinski definition) is 1. The van der Waals surface area contributed by atoms with Gasteiger partial charge in [0.15, 0.2) is 16.6 Å². The van der Waals surface area contributed by atoms with E-state index in [2.05, 4.69) is 6.92 Å². The first kappa shape index (κ1) is 29.9. The Balaban J connectivity index is 1.74. The van der Waals surface area contributed by atoms with Crippen LogP contribution in [0.1, 0.15) is 48.1 Å². The molecule has 0 radical (unpaired) electrons. The van der Waals surface area contributed by atoms with Gasteiger partial charge in [-0.3, -0.25) is 14.5 Å². The number of benzene rings is 3. The molecule has 0 aliphatic carbocycles. The van der Waals surface area contributed by atoms with Crippen LogP contribution >= 0.6 is 11.3 Å². The summed E-state index contributed by atoms with van der Waals surface area (Å²) in [5.41, 5.74) is 3.49. The maximum Gasteiger partial charge on any atom is 0.301 e. The molecule has 1 amide bonds. The van der Waals surface area contributed by atoms with E-state index in [9.17, 15) is 14.7 Å². The maximum atomic E-state index is 13.8. The summed E-state index contributed by atoms with van der Waals surface area (Å²) in [7, 11) is 4.47. The summed E-state index contributed by atoms with van der Waals surface area (Å²) in [6.07, 6.45) is 1.85. The molecule has 1 saturated heterocycles. The second-order valence-electron chi connectivity index (χ2n) is 10.3. The molecule has 224 valence electrons. The number of unbranched alkanes of at least 4 members (excludes halogenated alkanes) is 1. The molecule has 1 aromatic heterocycles. The number of anilines is 1. The number of carbonyl (C=O) groups excluding carboxylic acids is 2. The number of hydrogen-bond acceptors (Lipinski definition) is 9. The first-order chi connectivity index (χ1) is 20.7. The number of rotatable bonds is 10. The molecule has 1 unspecified atom stereocenters. The molecular weight excluding hydrogens is 568 g/mol. The zero-order valence-corrected chi connectivity index (χ0v) is 25.8. The summed E-state index contributed by atoms with van der Waals surface area (Å²) < 4.78 is 23.4.